The highest BCUT2D eigenvalue weighted by Crippen LogP contribution is 2.35. The SMILES string of the molecule is CC1=NN(c2ccc([N+](=O)[O-])cc2)C(=O)C1C1C(=O)N(c2ccc([N+](=O)[O-])cc2)N=C1C. The number of nitro benzene ring substituents is 2. The molecule has 2 aromatic carbocycles. The molecule has 162 valence electrons. The van der Waals surface area contributed by atoms with Gasteiger partial charge in [0.2, 0.25) is 0 Å². The van der Waals surface area contributed by atoms with E-state index >= 15 is 0 Å². The standard InChI is InChI=1S/C20H16N6O6/c1-11-17(19(27)23(21-11)13-3-7-15(8-4-13)25(29)30)18-12(2)22-24(20(18)28)14-5-9-16(10-6-14)26(31)32/h3-10,17-18H,1-2H3. The van der Waals surface area contributed by atoms with E-state index in [0.717, 1.165) is 10.0 Å². The molecule has 12 heteroatoms. The fourth-order valence-electron chi connectivity index (χ4n) is 3.73. The monoisotopic (exact) mass is 436 g/mol. The zero-order chi connectivity index (χ0) is 23.2. The van der Waals surface area contributed by atoms with Gasteiger partial charge in [-0.3, -0.25) is 29.8 Å². The second kappa shape index (κ2) is 7.65. The summed E-state index contributed by atoms with van der Waals surface area (Å²) in [5, 5.41) is 32.5. The maximum Gasteiger partial charge on any atom is 0.269 e. The Bertz CT molecular complexity index is 1110. The molecule has 0 saturated heterocycles. The molecule has 4 rings (SSSR count). The molecule has 2 aromatic rings. The van der Waals surface area contributed by atoms with Crippen molar-refractivity contribution in [2.24, 2.45) is 22.0 Å². The molecule has 0 N–H and O–H groups in total. The predicted octanol–water partition coefficient (Wildman–Crippen LogP) is 2.88. The summed E-state index contributed by atoms with van der Waals surface area (Å²) in [5.74, 6) is -2.67. The number of non-ortho nitro benzene ring substituents is 2. The highest BCUT2D eigenvalue weighted by molar-refractivity contribution is 6.25. The molecule has 32 heavy (non-hydrogen) atoms. The quantitative estimate of drug-likeness (QED) is 0.519. The molecule has 0 saturated carbocycles. The Morgan fingerprint density at radius 1 is 0.688 bits per heavy atom. The lowest BCUT2D eigenvalue weighted by Crippen LogP contribution is -2.40. The number of anilines is 2. The minimum Gasteiger partial charge on any atom is -0.272 e. The van der Waals surface area contributed by atoms with E-state index in [1.807, 2.05) is 0 Å². The minimum absolute atomic E-state index is 0.120. The van der Waals surface area contributed by atoms with Crippen molar-refractivity contribution in [2.75, 3.05) is 10.0 Å². The second-order valence-corrected chi connectivity index (χ2v) is 7.29. The first-order valence-electron chi connectivity index (χ1n) is 9.46. The van der Waals surface area contributed by atoms with Gasteiger partial charge in [0.05, 0.1) is 33.1 Å². The number of hydrogen-bond acceptors (Lipinski definition) is 8. The van der Waals surface area contributed by atoms with Crippen LogP contribution in [0.4, 0.5) is 22.7 Å². The van der Waals surface area contributed by atoms with Crippen LogP contribution in [0.5, 0.6) is 0 Å². The summed E-state index contributed by atoms with van der Waals surface area (Å²) in [6.07, 6.45) is 0. The minimum atomic E-state index is -0.885. The zero-order valence-electron chi connectivity index (χ0n) is 16.9. The summed E-state index contributed by atoms with van der Waals surface area (Å²) >= 11 is 0. The number of carbonyl (C=O) groups excluding carboxylic acids is 2. The van der Waals surface area contributed by atoms with Crippen molar-refractivity contribution in [2.45, 2.75) is 13.8 Å². The van der Waals surface area contributed by atoms with E-state index in [0.29, 0.717) is 22.8 Å². The van der Waals surface area contributed by atoms with Gasteiger partial charge in [0.25, 0.3) is 23.2 Å². The molecule has 0 spiro atoms. The maximum absolute atomic E-state index is 13.2. The van der Waals surface area contributed by atoms with Crippen molar-refractivity contribution in [3.05, 3.63) is 68.8 Å². The van der Waals surface area contributed by atoms with Gasteiger partial charge in [-0.05, 0) is 38.1 Å². The van der Waals surface area contributed by atoms with Crippen LogP contribution < -0.4 is 10.0 Å². The van der Waals surface area contributed by atoms with Crippen LogP contribution in [-0.2, 0) is 9.59 Å². The number of hydrazone groups is 2. The molecule has 2 atom stereocenters. The predicted molar refractivity (Wildman–Crippen MR) is 114 cm³/mol. The largest absolute Gasteiger partial charge is 0.272 e. The van der Waals surface area contributed by atoms with Crippen molar-refractivity contribution in [1.82, 2.24) is 0 Å². The Labute approximate surface area is 180 Å². The molecule has 0 aromatic heterocycles. The fraction of sp³-hybridized carbons (Fsp3) is 0.200. The average Bonchev–Trinajstić information content (AvgIpc) is 3.22. The van der Waals surface area contributed by atoms with Gasteiger partial charge in [-0.15, -0.1) is 0 Å². The third kappa shape index (κ3) is 3.37. The number of hydrogen-bond donors (Lipinski definition) is 0. The molecule has 2 aliphatic rings. The van der Waals surface area contributed by atoms with Crippen molar-refractivity contribution in [1.29, 1.82) is 0 Å². The van der Waals surface area contributed by atoms with Crippen LogP contribution in [0.1, 0.15) is 13.8 Å². The summed E-state index contributed by atoms with van der Waals surface area (Å²) in [6.45, 7) is 3.26. The van der Waals surface area contributed by atoms with E-state index in [1.165, 1.54) is 48.5 Å². The molecule has 12 nitrogen and oxygen atoms in total. The molecule has 0 fully saturated rings. The summed E-state index contributed by atoms with van der Waals surface area (Å²) in [6, 6.07) is 10.7. The molecular weight excluding hydrogens is 420 g/mol. The summed E-state index contributed by atoms with van der Waals surface area (Å²) in [7, 11) is 0. The fourth-order valence-corrected chi connectivity index (χ4v) is 3.73. The van der Waals surface area contributed by atoms with Crippen LogP contribution in [0.25, 0.3) is 0 Å². The molecule has 2 amide bonds. The van der Waals surface area contributed by atoms with E-state index in [2.05, 4.69) is 10.2 Å². The topological polar surface area (TPSA) is 152 Å². The molecule has 2 unspecified atom stereocenters. The molecular formula is C20H16N6O6. The number of rotatable bonds is 5. The van der Waals surface area contributed by atoms with Gasteiger partial charge in [0, 0.05) is 35.7 Å². The third-order valence-corrected chi connectivity index (χ3v) is 5.31. The Morgan fingerprint density at radius 3 is 1.28 bits per heavy atom. The van der Waals surface area contributed by atoms with Crippen LogP contribution >= 0.6 is 0 Å². The Hall–Kier alpha value is -4.48. The van der Waals surface area contributed by atoms with Gasteiger partial charge < -0.3 is 0 Å². The maximum atomic E-state index is 13.2. The van der Waals surface area contributed by atoms with E-state index in [4.69, 9.17) is 0 Å². The highest BCUT2D eigenvalue weighted by atomic mass is 16.6. The zero-order valence-corrected chi connectivity index (χ0v) is 16.9. The lowest BCUT2D eigenvalue weighted by atomic mass is 9.85. The van der Waals surface area contributed by atoms with Crippen LogP contribution in [0.15, 0.2) is 58.7 Å². The third-order valence-electron chi connectivity index (χ3n) is 5.31. The van der Waals surface area contributed by atoms with Crippen molar-refractivity contribution in [3.8, 4) is 0 Å². The summed E-state index contributed by atoms with van der Waals surface area (Å²) in [4.78, 5) is 46.9. The number of amides is 2. The van der Waals surface area contributed by atoms with Crippen LogP contribution in [-0.4, -0.2) is 33.1 Å². The molecule has 2 aliphatic heterocycles. The van der Waals surface area contributed by atoms with E-state index < -0.39 is 33.5 Å². The van der Waals surface area contributed by atoms with Gasteiger partial charge >= 0.3 is 0 Å². The number of nitro groups is 2. The molecule has 0 radical (unpaired) electrons. The van der Waals surface area contributed by atoms with Gasteiger partial charge in [0.15, 0.2) is 0 Å². The van der Waals surface area contributed by atoms with Crippen molar-refractivity contribution in [3.63, 3.8) is 0 Å². The lowest BCUT2D eigenvalue weighted by molar-refractivity contribution is -0.385. The lowest BCUT2D eigenvalue weighted by Gasteiger charge is -2.19. The number of nitrogens with zero attached hydrogens (tertiary/aromatic N) is 6. The van der Waals surface area contributed by atoms with Crippen LogP contribution in [0.3, 0.4) is 0 Å². The van der Waals surface area contributed by atoms with Crippen molar-refractivity contribution >= 4 is 46.0 Å². The molecule has 2 heterocycles. The Kier molecular flexibility index (Phi) is 4.97. The van der Waals surface area contributed by atoms with Crippen LogP contribution in [0, 0.1) is 32.1 Å². The van der Waals surface area contributed by atoms with Gasteiger partial charge in [-0.2, -0.15) is 10.2 Å². The summed E-state index contributed by atoms with van der Waals surface area (Å²) < 4.78 is 0. The smallest absolute Gasteiger partial charge is 0.269 e. The normalized spacial score (nSPS) is 20.4. The summed E-state index contributed by atoms with van der Waals surface area (Å²) in [5.41, 5.74) is 1.26. The van der Waals surface area contributed by atoms with E-state index in [1.54, 1.807) is 13.8 Å². The van der Waals surface area contributed by atoms with Gasteiger partial charge in [-0.1, -0.05) is 0 Å². The van der Waals surface area contributed by atoms with Gasteiger partial charge in [-0.25, -0.2) is 10.0 Å². The first kappa shape index (κ1) is 20.8. The number of carbonyl (C=O) groups is 2. The Morgan fingerprint density at radius 2 is 1.00 bits per heavy atom. The highest BCUT2D eigenvalue weighted by Gasteiger charge is 2.49. The second-order valence-electron chi connectivity index (χ2n) is 7.29. The van der Waals surface area contributed by atoms with E-state index in [9.17, 15) is 29.8 Å². The van der Waals surface area contributed by atoms with Crippen LogP contribution in [0.2, 0.25) is 0 Å². The van der Waals surface area contributed by atoms with E-state index in [-0.39, 0.29) is 11.4 Å². The first-order chi connectivity index (χ1) is 15.2. The average molecular weight is 436 g/mol. The molecule has 0 aliphatic carbocycles. The van der Waals surface area contributed by atoms with Crippen molar-refractivity contribution < 1.29 is 19.4 Å². The first-order valence-corrected chi connectivity index (χ1v) is 9.46. The molecule has 0 bridgehead atoms. The van der Waals surface area contributed by atoms with Gasteiger partial charge in [0.1, 0.15) is 0 Å². The number of benzene rings is 2. The Balaban J connectivity index is 1.58.